The summed E-state index contributed by atoms with van der Waals surface area (Å²) in [6.45, 7) is 4.16. The molecule has 2 atom stereocenters. The first kappa shape index (κ1) is 25.2. The first-order chi connectivity index (χ1) is 14.6. The van der Waals surface area contributed by atoms with E-state index >= 15 is 0 Å². The zero-order chi connectivity index (χ0) is 21.2. The molecule has 1 aliphatic carbocycles. The number of carbonyl (C=O) groups excluding carboxylic acids is 1. The molecule has 1 aromatic carbocycles. The van der Waals surface area contributed by atoms with Crippen LogP contribution in [0.2, 0.25) is 0 Å². The highest BCUT2D eigenvalue weighted by Crippen LogP contribution is 2.30. The lowest BCUT2D eigenvalue weighted by Crippen LogP contribution is -2.38. The van der Waals surface area contributed by atoms with Crippen molar-refractivity contribution in [2.75, 3.05) is 18.9 Å². The molecule has 0 bridgehead atoms. The van der Waals surface area contributed by atoms with Crippen LogP contribution in [-0.4, -0.2) is 35.2 Å². The number of nitrogens with zero attached hydrogens (tertiary/aromatic N) is 3. The number of nitrogens with one attached hydrogen (secondary N) is 3. The number of anilines is 1. The third kappa shape index (κ3) is 8.88. The van der Waals surface area contributed by atoms with Crippen LogP contribution in [0.1, 0.15) is 44.6 Å². The number of aromatic nitrogens is 2. The summed E-state index contributed by atoms with van der Waals surface area (Å²) < 4.78 is 1.60. The zero-order valence-electron chi connectivity index (χ0n) is 18.5. The Morgan fingerprint density at radius 3 is 2.87 bits per heavy atom. The van der Waals surface area contributed by atoms with Crippen LogP contribution in [0.3, 0.4) is 0 Å². The van der Waals surface area contributed by atoms with Gasteiger partial charge in [-0.15, -0.1) is 24.0 Å². The molecular formula is C23H35IN6O. The topological polar surface area (TPSA) is 83.3 Å². The van der Waals surface area contributed by atoms with Gasteiger partial charge >= 0.3 is 0 Å². The zero-order valence-corrected chi connectivity index (χ0v) is 20.8. The molecule has 7 nitrogen and oxygen atoms in total. The maximum absolute atomic E-state index is 12.2. The normalized spacial score (nSPS) is 18.7. The van der Waals surface area contributed by atoms with E-state index in [-0.39, 0.29) is 36.4 Å². The number of aliphatic imine (C=N–C) groups is 1. The van der Waals surface area contributed by atoms with E-state index in [4.69, 9.17) is 0 Å². The fourth-order valence-corrected chi connectivity index (χ4v) is 4.12. The van der Waals surface area contributed by atoms with E-state index in [0.29, 0.717) is 6.54 Å². The molecule has 8 heteroatoms. The van der Waals surface area contributed by atoms with Crippen LogP contribution in [0.4, 0.5) is 5.69 Å². The molecule has 1 aromatic heterocycles. The minimum absolute atomic E-state index is 0. The van der Waals surface area contributed by atoms with Gasteiger partial charge < -0.3 is 16.0 Å². The first-order valence-corrected chi connectivity index (χ1v) is 10.9. The second kappa shape index (κ2) is 13.3. The van der Waals surface area contributed by atoms with E-state index in [9.17, 15) is 4.79 Å². The highest BCUT2D eigenvalue weighted by atomic mass is 127. The van der Waals surface area contributed by atoms with Crippen molar-refractivity contribution in [2.45, 2.75) is 52.1 Å². The monoisotopic (exact) mass is 538 g/mol. The maximum atomic E-state index is 12.2. The molecule has 3 rings (SSSR count). The van der Waals surface area contributed by atoms with Crippen molar-refractivity contribution < 1.29 is 4.79 Å². The van der Waals surface area contributed by atoms with Crippen molar-refractivity contribution in [3.05, 3.63) is 48.3 Å². The summed E-state index contributed by atoms with van der Waals surface area (Å²) in [4.78, 5) is 16.5. The molecule has 1 amide bonds. The Bertz CT molecular complexity index is 823. The number of hydrogen-bond donors (Lipinski definition) is 3. The molecule has 1 saturated carbocycles. The van der Waals surface area contributed by atoms with Crippen molar-refractivity contribution >= 4 is 41.5 Å². The molecular weight excluding hydrogens is 503 g/mol. The molecule has 1 heterocycles. The number of benzene rings is 1. The number of carbonyl (C=O) groups is 1. The molecule has 170 valence electrons. The van der Waals surface area contributed by atoms with Crippen LogP contribution in [0.25, 0.3) is 0 Å². The molecule has 1 aliphatic rings. The van der Waals surface area contributed by atoms with Crippen molar-refractivity contribution in [3.8, 4) is 0 Å². The van der Waals surface area contributed by atoms with Gasteiger partial charge in [-0.25, -0.2) is 0 Å². The third-order valence-electron chi connectivity index (χ3n) is 5.65. The highest BCUT2D eigenvalue weighted by molar-refractivity contribution is 14.0. The van der Waals surface area contributed by atoms with Gasteiger partial charge in [-0.1, -0.05) is 38.3 Å². The van der Waals surface area contributed by atoms with Crippen molar-refractivity contribution in [1.82, 2.24) is 20.4 Å². The Labute approximate surface area is 202 Å². The van der Waals surface area contributed by atoms with Gasteiger partial charge in [-0.3, -0.25) is 14.5 Å². The molecule has 0 aliphatic heterocycles. The van der Waals surface area contributed by atoms with Gasteiger partial charge in [0.2, 0.25) is 5.91 Å². The van der Waals surface area contributed by atoms with E-state index < -0.39 is 0 Å². The fraction of sp³-hybridized carbons (Fsp3) is 0.522. The molecule has 1 fully saturated rings. The minimum atomic E-state index is -0.0988. The lowest BCUT2D eigenvalue weighted by atomic mass is 9.81. The Morgan fingerprint density at radius 1 is 1.26 bits per heavy atom. The highest BCUT2D eigenvalue weighted by Gasteiger charge is 2.18. The van der Waals surface area contributed by atoms with Crippen LogP contribution in [0.15, 0.2) is 47.7 Å². The van der Waals surface area contributed by atoms with E-state index in [0.717, 1.165) is 35.6 Å². The Hall–Kier alpha value is -2.10. The summed E-state index contributed by atoms with van der Waals surface area (Å²) in [6.07, 6.45) is 10.1. The van der Waals surface area contributed by atoms with Crippen LogP contribution in [-0.2, 0) is 17.9 Å². The number of rotatable bonds is 8. The van der Waals surface area contributed by atoms with E-state index in [1.165, 1.54) is 32.1 Å². The molecule has 0 saturated heterocycles. The summed E-state index contributed by atoms with van der Waals surface area (Å²) >= 11 is 0. The molecule has 0 spiro atoms. The summed E-state index contributed by atoms with van der Waals surface area (Å²) in [5, 5.41) is 13.8. The lowest BCUT2D eigenvalue weighted by molar-refractivity contribution is -0.116. The Morgan fingerprint density at radius 2 is 2.13 bits per heavy atom. The van der Waals surface area contributed by atoms with Gasteiger partial charge in [-0.05, 0) is 48.4 Å². The van der Waals surface area contributed by atoms with Gasteiger partial charge in [0.05, 0.1) is 0 Å². The van der Waals surface area contributed by atoms with Gasteiger partial charge in [0.25, 0.3) is 0 Å². The molecule has 0 radical (unpaired) electrons. The second-order valence-electron chi connectivity index (χ2n) is 8.23. The third-order valence-corrected chi connectivity index (χ3v) is 5.65. The number of amides is 1. The van der Waals surface area contributed by atoms with Gasteiger partial charge in [-0.2, -0.15) is 5.10 Å². The van der Waals surface area contributed by atoms with Gasteiger partial charge in [0.1, 0.15) is 6.54 Å². The average Bonchev–Trinajstić information content (AvgIpc) is 3.23. The summed E-state index contributed by atoms with van der Waals surface area (Å²) in [5.41, 5.74) is 1.86. The van der Waals surface area contributed by atoms with E-state index in [1.807, 2.05) is 24.3 Å². The summed E-state index contributed by atoms with van der Waals surface area (Å²) in [6, 6.07) is 9.65. The van der Waals surface area contributed by atoms with Crippen LogP contribution in [0, 0.1) is 11.8 Å². The molecule has 2 unspecified atom stereocenters. The van der Waals surface area contributed by atoms with Crippen molar-refractivity contribution in [2.24, 2.45) is 16.8 Å². The Kier molecular flexibility index (Phi) is 10.8. The van der Waals surface area contributed by atoms with E-state index in [2.05, 4.69) is 33.0 Å². The number of hydrogen-bond acceptors (Lipinski definition) is 3. The van der Waals surface area contributed by atoms with Crippen LogP contribution < -0.4 is 16.0 Å². The van der Waals surface area contributed by atoms with Crippen molar-refractivity contribution in [1.29, 1.82) is 0 Å². The molecule has 3 N–H and O–H groups in total. The molecule has 31 heavy (non-hydrogen) atoms. The lowest BCUT2D eigenvalue weighted by Gasteiger charge is -2.26. The standard InChI is InChI=1S/C23H34N6O.HI/c1-18-6-3-7-19(14-18)10-12-25-23(24-2)26-16-20-8-4-9-21(15-20)28-22(30)17-29-13-5-11-27-29;/h4-5,8-9,11,13,15,18-19H,3,6-7,10,12,14,16-17H2,1-2H3,(H,28,30)(H2,24,25,26);1H. The van der Waals surface area contributed by atoms with Crippen molar-refractivity contribution in [3.63, 3.8) is 0 Å². The predicted molar refractivity (Wildman–Crippen MR) is 137 cm³/mol. The largest absolute Gasteiger partial charge is 0.356 e. The minimum Gasteiger partial charge on any atom is -0.356 e. The summed E-state index contributed by atoms with van der Waals surface area (Å²) in [5.74, 6) is 2.42. The maximum Gasteiger partial charge on any atom is 0.246 e. The van der Waals surface area contributed by atoms with E-state index in [1.54, 1.807) is 30.2 Å². The summed E-state index contributed by atoms with van der Waals surface area (Å²) in [7, 11) is 1.80. The number of halogens is 1. The van der Waals surface area contributed by atoms with Crippen LogP contribution >= 0.6 is 24.0 Å². The van der Waals surface area contributed by atoms with Gasteiger partial charge in [0.15, 0.2) is 5.96 Å². The smallest absolute Gasteiger partial charge is 0.246 e. The quantitative estimate of drug-likeness (QED) is 0.270. The average molecular weight is 538 g/mol. The van der Waals surface area contributed by atoms with Crippen LogP contribution in [0.5, 0.6) is 0 Å². The Balaban J connectivity index is 0.00000341. The number of guanidine groups is 1. The SMILES string of the molecule is CN=C(NCCC1CCCC(C)C1)NCc1cccc(NC(=O)Cn2cccn2)c1.I. The predicted octanol–water partition coefficient (Wildman–Crippen LogP) is 4.02. The fourth-order valence-electron chi connectivity index (χ4n) is 4.12. The molecule has 2 aromatic rings. The van der Waals surface area contributed by atoms with Gasteiger partial charge in [0, 0.05) is 38.2 Å². The first-order valence-electron chi connectivity index (χ1n) is 10.9. The second-order valence-corrected chi connectivity index (χ2v) is 8.23.